The van der Waals surface area contributed by atoms with Crippen molar-refractivity contribution in [1.82, 2.24) is 15.5 Å². The van der Waals surface area contributed by atoms with Gasteiger partial charge in [-0.3, -0.25) is 4.79 Å². The van der Waals surface area contributed by atoms with Crippen molar-refractivity contribution in [3.8, 4) is 5.75 Å². The fraction of sp³-hybridized carbons (Fsp3) is 0.574. The van der Waals surface area contributed by atoms with E-state index in [1.165, 1.54) is 0 Å². The summed E-state index contributed by atoms with van der Waals surface area (Å²) in [5.74, 6) is 0.823. The lowest BCUT2D eigenvalue weighted by molar-refractivity contribution is -0.186. The third kappa shape index (κ3) is 6.98. The second-order valence-electron chi connectivity index (χ2n) is 18.6. The predicted octanol–water partition coefficient (Wildman–Crippen LogP) is 5.75. The van der Waals surface area contributed by atoms with E-state index in [4.69, 9.17) is 19.6 Å². The van der Waals surface area contributed by atoms with Gasteiger partial charge in [0.2, 0.25) is 5.91 Å². The summed E-state index contributed by atoms with van der Waals surface area (Å²) in [6.07, 6.45) is 13.8. The maximum Gasteiger partial charge on any atom is 0.340 e. The van der Waals surface area contributed by atoms with Crippen molar-refractivity contribution >= 4 is 50.7 Å². The molecule has 1 spiro atoms. The molecule has 9 rings (SSSR count). The molecule has 3 aliphatic carbocycles. The van der Waals surface area contributed by atoms with Gasteiger partial charge in [-0.05, 0) is 88.4 Å². The van der Waals surface area contributed by atoms with Gasteiger partial charge < -0.3 is 45.1 Å². The molecule has 61 heavy (non-hydrogen) atoms. The van der Waals surface area contributed by atoms with E-state index in [0.717, 1.165) is 66.1 Å². The fourth-order valence-electron chi connectivity index (χ4n) is 11.9. The maximum absolute atomic E-state index is 14.5. The minimum Gasteiger partial charge on any atom is -0.481 e. The van der Waals surface area contributed by atoms with Gasteiger partial charge in [0.25, 0.3) is 0 Å². The predicted molar refractivity (Wildman–Crippen MR) is 238 cm³/mol. The number of carbonyl (C=O) groups excluding carboxylic acids is 3. The Bertz CT molecular complexity index is 2330. The van der Waals surface area contributed by atoms with E-state index >= 15 is 0 Å². The molecule has 12 nitrogen and oxygen atoms in total. The number of nitrogens with two attached hydrogens (primary N) is 1. The first-order valence-corrected chi connectivity index (χ1v) is 24.4. The fourth-order valence-corrected chi connectivity index (χ4v) is 15.1. The average Bonchev–Trinajstić information content (AvgIpc) is 3.60. The van der Waals surface area contributed by atoms with Gasteiger partial charge in [-0.2, -0.15) is 0 Å². The minimum atomic E-state index is -1.20. The molecule has 8 atom stereocenters. The van der Waals surface area contributed by atoms with E-state index in [2.05, 4.69) is 22.8 Å². The Morgan fingerprint density at radius 2 is 2.00 bits per heavy atom. The highest BCUT2D eigenvalue weighted by Gasteiger charge is 2.64. The lowest BCUT2D eigenvalue weighted by Crippen LogP contribution is -2.71. The summed E-state index contributed by atoms with van der Waals surface area (Å²) in [6.45, 7) is 6.47. The molecule has 5 heterocycles. The molecular weight excluding hydrogens is 813 g/mol. The maximum atomic E-state index is 14.5. The number of dihydropyridines is 1. The van der Waals surface area contributed by atoms with Gasteiger partial charge in [0.1, 0.15) is 17.6 Å². The summed E-state index contributed by atoms with van der Waals surface area (Å²) in [6, 6.07) is 5.87. The van der Waals surface area contributed by atoms with Gasteiger partial charge in [0, 0.05) is 89.4 Å². The lowest BCUT2D eigenvalue weighted by atomic mass is 9.61. The van der Waals surface area contributed by atoms with E-state index in [0.29, 0.717) is 72.8 Å². The minimum absolute atomic E-state index is 0.0101. The Kier molecular flexibility index (Phi) is 11.3. The van der Waals surface area contributed by atoms with Crippen molar-refractivity contribution < 1.29 is 33.4 Å². The lowest BCUT2D eigenvalue weighted by Gasteiger charge is -2.58. The molecule has 0 radical (unpaired) electrons. The molecule has 1 amide bonds. The summed E-state index contributed by atoms with van der Waals surface area (Å²) in [4.78, 5) is 56.7. The molecular formula is C47H58N4O8S2. The number of nitrogens with zero attached hydrogens (tertiary/aromatic N) is 1. The van der Waals surface area contributed by atoms with Crippen LogP contribution in [0.4, 0.5) is 0 Å². The van der Waals surface area contributed by atoms with Crippen LogP contribution in [0.3, 0.4) is 0 Å². The van der Waals surface area contributed by atoms with E-state index in [-0.39, 0.29) is 48.1 Å². The largest absolute Gasteiger partial charge is 0.481 e. The van der Waals surface area contributed by atoms with Crippen LogP contribution >= 0.6 is 21.6 Å². The van der Waals surface area contributed by atoms with Crippen molar-refractivity contribution in [2.75, 3.05) is 32.5 Å². The van der Waals surface area contributed by atoms with Crippen LogP contribution in [0.5, 0.6) is 5.75 Å². The van der Waals surface area contributed by atoms with Crippen LogP contribution in [0.15, 0.2) is 73.8 Å². The zero-order valence-electron chi connectivity index (χ0n) is 35.6. The van der Waals surface area contributed by atoms with Crippen LogP contribution in [0, 0.1) is 17.8 Å². The van der Waals surface area contributed by atoms with Gasteiger partial charge in [0.05, 0.1) is 24.2 Å². The second-order valence-corrected chi connectivity index (χ2v) is 21.2. The van der Waals surface area contributed by atoms with E-state index < -0.39 is 34.1 Å². The molecule has 0 bridgehead atoms. The summed E-state index contributed by atoms with van der Waals surface area (Å²) in [5.41, 5.74) is 8.66. The summed E-state index contributed by atoms with van der Waals surface area (Å²) >= 11 is 0. The number of hydrogen-bond acceptors (Lipinski definition) is 13. The zero-order chi connectivity index (χ0) is 42.8. The number of benzene rings is 1. The van der Waals surface area contributed by atoms with E-state index in [1.807, 2.05) is 37.9 Å². The number of amides is 1. The summed E-state index contributed by atoms with van der Waals surface area (Å²) in [7, 11) is 5.41. The molecule has 4 aliphatic heterocycles. The number of fused-ring (bicyclic) bond motifs is 5. The monoisotopic (exact) mass is 870 g/mol. The van der Waals surface area contributed by atoms with Gasteiger partial charge in [-0.1, -0.05) is 58.6 Å². The molecule has 1 aromatic heterocycles. The van der Waals surface area contributed by atoms with Gasteiger partial charge in [-0.25, -0.2) is 9.59 Å². The average molecular weight is 871 g/mol. The standard InChI is InChI=1S/C47H58N4O8S2/c1-5-26(2)43(55)59-45(3)12-9-27-25-60-61-37-17-31(24-53)41(49-4)33-23-51(42(33)37)39(54)18-30-22-50-38(48)19-32(30)40(27)47(45)21-29-15-28-16-34(44(56)57-35(28)20-36(29)58-47)46(13-14-52)10-7-6-8-11-46/h5,9,15-16,19-20,24,31,33,37,40-42,49-50,52H,6-8,10-14,17-18,21-23,25,48H2,1-4H3. The van der Waals surface area contributed by atoms with Crippen LogP contribution in [-0.4, -0.2) is 89.2 Å². The Hall–Kier alpha value is -3.98. The summed E-state index contributed by atoms with van der Waals surface area (Å²) < 4.78 is 20.2. The number of aldehydes is 1. The number of aliphatic hydroxyl groups excluding tert-OH is 1. The molecule has 326 valence electrons. The molecule has 1 aromatic carbocycles. The van der Waals surface area contributed by atoms with Crippen molar-refractivity contribution in [3.05, 3.63) is 86.1 Å². The number of carbonyl (C=O) groups is 3. The topological polar surface area (TPSA) is 173 Å². The normalized spacial score (nSPS) is 33.3. The number of hydrogen-bond donors (Lipinski definition) is 4. The van der Waals surface area contributed by atoms with Crippen LogP contribution < -0.4 is 26.7 Å². The van der Waals surface area contributed by atoms with Crippen LogP contribution in [0.25, 0.3) is 11.0 Å². The third-order valence-electron chi connectivity index (χ3n) is 15.4. The van der Waals surface area contributed by atoms with Crippen molar-refractivity contribution in [2.45, 2.75) is 119 Å². The van der Waals surface area contributed by atoms with Gasteiger partial charge >= 0.3 is 11.6 Å². The number of nitrogens with one attached hydrogen (secondary N) is 2. The number of allylic oxidation sites excluding steroid dienone is 2. The van der Waals surface area contributed by atoms with Crippen molar-refractivity contribution in [1.29, 1.82) is 0 Å². The van der Waals surface area contributed by atoms with Gasteiger partial charge in [0.15, 0.2) is 11.2 Å². The molecule has 1 saturated heterocycles. The second kappa shape index (κ2) is 16.3. The quantitative estimate of drug-likeness (QED) is 0.0663. The molecule has 14 heteroatoms. The highest BCUT2D eigenvalue weighted by atomic mass is 33.1. The highest BCUT2D eigenvalue weighted by molar-refractivity contribution is 8.77. The van der Waals surface area contributed by atoms with E-state index in [1.54, 1.807) is 40.7 Å². The molecule has 7 aliphatic rings. The summed E-state index contributed by atoms with van der Waals surface area (Å²) in [5, 5.41) is 17.7. The Morgan fingerprint density at radius 3 is 2.74 bits per heavy atom. The van der Waals surface area contributed by atoms with Gasteiger partial charge in [-0.15, -0.1) is 0 Å². The molecule has 3 fully saturated rings. The Labute approximate surface area is 364 Å². The van der Waals surface area contributed by atoms with E-state index in [9.17, 15) is 24.3 Å². The number of aliphatic hydroxyl groups is 1. The van der Waals surface area contributed by atoms with Crippen molar-refractivity contribution in [2.24, 2.45) is 23.5 Å². The first kappa shape index (κ1) is 42.3. The molecule has 8 unspecified atom stereocenters. The SMILES string of the molecule is CC=C(C)C(=O)OC1(C)CC=C2CSSC3CC(C=O)C(NC)C4CN(C(=O)CC5=C(C=C(N)NC5)C2C12Cc1cc5cc(C6(CCO)CCCCC6)c(=O)oc5cc1O2)C34. The Balaban J connectivity index is 1.18. The van der Waals surface area contributed by atoms with Crippen LogP contribution in [0.2, 0.25) is 0 Å². The van der Waals surface area contributed by atoms with Crippen LogP contribution in [-0.2, 0) is 31.0 Å². The smallest absolute Gasteiger partial charge is 0.340 e. The first-order chi connectivity index (χ1) is 29.4. The molecule has 5 N–H and O–H groups in total. The number of rotatable bonds is 7. The first-order valence-electron chi connectivity index (χ1n) is 22.0. The van der Waals surface area contributed by atoms with Crippen molar-refractivity contribution in [3.63, 3.8) is 0 Å². The zero-order valence-corrected chi connectivity index (χ0v) is 37.2. The highest BCUT2D eigenvalue weighted by Crippen LogP contribution is 2.58. The molecule has 2 saturated carbocycles. The number of ether oxygens (including phenoxy) is 2. The third-order valence-corrected chi connectivity index (χ3v) is 18.2. The Morgan fingerprint density at radius 1 is 1.20 bits per heavy atom. The molecule has 2 aromatic rings. The van der Waals surface area contributed by atoms with Crippen LogP contribution in [0.1, 0.15) is 89.7 Å². The number of esters is 1.